The molecule has 0 fully saturated rings. The Balaban J connectivity index is 5.21. The van der Waals surface area contributed by atoms with Gasteiger partial charge < -0.3 is 33.8 Å². The molecule has 0 aliphatic heterocycles. The predicted octanol–water partition coefficient (Wildman–Crippen LogP) is 20.9. The zero-order chi connectivity index (χ0) is 68.2. The maximum atomic E-state index is 13.0. The van der Waals surface area contributed by atoms with E-state index in [0.29, 0.717) is 31.6 Å². The van der Waals surface area contributed by atoms with Gasteiger partial charge in [0, 0.05) is 25.7 Å². The zero-order valence-electron chi connectivity index (χ0n) is 60.2. The third-order valence-electron chi connectivity index (χ3n) is 16.8. The van der Waals surface area contributed by atoms with Gasteiger partial charge in [0.05, 0.1) is 26.4 Å². The average molecular weight is 1350 g/mol. The monoisotopic (exact) mass is 1350 g/mol. The highest BCUT2D eigenvalue weighted by Crippen LogP contribution is 2.45. The van der Waals surface area contributed by atoms with Crippen LogP contribution in [0.4, 0.5) is 0 Å². The molecule has 0 heterocycles. The van der Waals surface area contributed by atoms with E-state index in [4.69, 9.17) is 37.0 Å². The summed E-state index contributed by atoms with van der Waals surface area (Å²) in [5.41, 5.74) is 0. The number of aliphatic hydroxyl groups excluding tert-OH is 1. The van der Waals surface area contributed by atoms with Gasteiger partial charge in [0.2, 0.25) is 0 Å². The number of hydrogen-bond acceptors (Lipinski definition) is 15. The van der Waals surface area contributed by atoms with Crippen molar-refractivity contribution < 1.29 is 80.2 Å². The Kier molecular flexibility index (Phi) is 61.3. The fraction of sp³-hybridized carbons (Fsp3) is 0.945. The molecular weight excluding hydrogens is 1210 g/mol. The second kappa shape index (κ2) is 62.6. The summed E-state index contributed by atoms with van der Waals surface area (Å²) < 4.78 is 68.4. The fourth-order valence-corrected chi connectivity index (χ4v) is 12.6. The molecule has 0 aliphatic carbocycles. The Hall–Kier alpha value is -1.94. The minimum Gasteiger partial charge on any atom is -0.462 e. The third kappa shape index (κ3) is 66.7. The summed E-state index contributed by atoms with van der Waals surface area (Å²) in [5, 5.41) is 10.6. The first kappa shape index (κ1) is 90.1. The van der Waals surface area contributed by atoms with Gasteiger partial charge in [-0.05, 0) is 49.4 Å². The minimum atomic E-state index is -4.95. The van der Waals surface area contributed by atoms with Crippen LogP contribution in [0.1, 0.15) is 364 Å². The van der Waals surface area contributed by atoms with Gasteiger partial charge in [-0.3, -0.25) is 37.3 Å². The van der Waals surface area contributed by atoms with E-state index in [1.807, 2.05) is 0 Å². The van der Waals surface area contributed by atoms with Crippen LogP contribution in [0.2, 0.25) is 0 Å². The maximum Gasteiger partial charge on any atom is 0.472 e. The lowest BCUT2D eigenvalue weighted by atomic mass is 10.0. The van der Waals surface area contributed by atoms with Gasteiger partial charge >= 0.3 is 39.5 Å². The molecule has 5 atom stereocenters. The molecule has 0 spiro atoms. The van der Waals surface area contributed by atoms with Gasteiger partial charge in [-0.15, -0.1) is 0 Å². The van der Waals surface area contributed by atoms with E-state index in [1.165, 1.54) is 161 Å². The minimum absolute atomic E-state index is 0.105. The van der Waals surface area contributed by atoms with Gasteiger partial charge in [-0.1, -0.05) is 312 Å². The first-order chi connectivity index (χ1) is 44.1. The van der Waals surface area contributed by atoms with Crippen molar-refractivity contribution in [3.8, 4) is 0 Å². The molecule has 19 heteroatoms. The molecule has 0 bridgehead atoms. The van der Waals surface area contributed by atoms with E-state index in [9.17, 15) is 43.2 Å². The van der Waals surface area contributed by atoms with E-state index < -0.39 is 97.5 Å². The normalized spacial score (nSPS) is 14.2. The topological polar surface area (TPSA) is 237 Å². The number of unbranched alkanes of at least 4 members (excludes halogenated alkanes) is 36. The molecule has 0 saturated carbocycles. The summed E-state index contributed by atoms with van der Waals surface area (Å²) in [6.07, 6.45) is 46.0. The second-order valence-electron chi connectivity index (χ2n) is 28.2. The van der Waals surface area contributed by atoms with Crippen LogP contribution in [-0.4, -0.2) is 96.7 Å². The molecule has 0 aromatic carbocycles. The van der Waals surface area contributed by atoms with Crippen molar-refractivity contribution >= 4 is 39.5 Å². The highest BCUT2D eigenvalue weighted by molar-refractivity contribution is 7.47. The summed E-state index contributed by atoms with van der Waals surface area (Å²) >= 11 is 0. The standard InChI is InChI=1S/C73H142O17P2/c1-63(2)49-41-33-25-19-15-12-10-9-11-13-17-21-29-39-47-55-72(77)90-69(60-84-71(76)54-46-38-32-31-36-44-52-66(7)8)62-88-92(81,82)86-58-67(74)57-85-91(79,80)87-61-68(59-83-70(75)53-45-37-28-24-23-27-35-43-51-65(5)6)89-73(78)56-48-40-30-22-18-14-16-20-26-34-42-50-64(3)4/h63-69,74H,9-62H2,1-8H3,(H,79,80)(H,81,82)/t67?,68-,69-/m1/s1. The van der Waals surface area contributed by atoms with Gasteiger partial charge in [0.1, 0.15) is 19.3 Å². The summed E-state index contributed by atoms with van der Waals surface area (Å²) in [4.78, 5) is 72.6. The largest absolute Gasteiger partial charge is 0.472 e. The van der Waals surface area contributed by atoms with Crippen LogP contribution >= 0.6 is 15.6 Å². The molecule has 0 aliphatic rings. The van der Waals surface area contributed by atoms with Crippen LogP contribution in [-0.2, 0) is 65.4 Å². The predicted molar refractivity (Wildman–Crippen MR) is 372 cm³/mol. The van der Waals surface area contributed by atoms with Gasteiger partial charge in [0.25, 0.3) is 0 Å². The Morgan fingerprint density at radius 2 is 0.457 bits per heavy atom. The number of carbonyl (C=O) groups is 4. The molecule has 0 amide bonds. The number of phosphoric acid groups is 2. The van der Waals surface area contributed by atoms with Crippen LogP contribution in [0.3, 0.4) is 0 Å². The van der Waals surface area contributed by atoms with E-state index in [-0.39, 0.29) is 25.7 Å². The highest BCUT2D eigenvalue weighted by Gasteiger charge is 2.30. The molecular formula is C73H142O17P2. The molecule has 546 valence electrons. The Bertz CT molecular complexity index is 1820. The van der Waals surface area contributed by atoms with Gasteiger partial charge in [0.15, 0.2) is 12.2 Å². The molecule has 0 aromatic rings. The molecule has 17 nitrogen and oxygen atoms in total. The first-order valence-electron chi connectivity index (χ1n) is 37.7. The van der Waals surface area contributed by atoms with Crippen LogP contribution < -0.4 is 0 Å². The van der Waals surface area contributed by atoms with Crippen molar-refractivity contribution in [1.82, 2.24) is 0 Å². The number of carbonyl (C=O) groups excluding carboxylic acids is 4. The van der Waals surface area contributed by atoms with Crippen molar-refractivity contribution in [2.75, 3.05) is 39.6 Å². The number of rotatable bonds is 70. The van der Waals surface area contributed by atoms with Crippen LogP contribution in [0, 0.1) is 23.7 Å². The van der Waals surface area contributed by atoms with Crippen LogP contribution in [0.15, 0.2) is 0 Å². The van der Waals surface area contributed by atoms with Crippen molar-refractivity contribution in [3.63, 3.8) is 0 Å². The van der Waals surface area contributed by atoms with E-state index in [0.717, 1.165) is 114 Å². The van der Waals surface area contributed by atoms with Gasteiger partial charge in [-0.25, -0.2) is 9.13 Å². The van der Waals surface area contributed by atoms with Crippen LogP contribution in [0.5, 0.6) is 0 Å². The Morgan fingerprint density at radius 3 is 0.674 bits per heavy atom. The molecule has 0 rings (SSSR count). The number of aliphatic hydroxyl groups is 1. The van der Waals surface area contributed by atoms with E-state index in [2.05, 4.69) is 55.4 Å². The number of esters is 4. The quantitative estimate of drug-likeness (QED) is 0.0222. The number of ether oxygens (including phenoxy) is 4. The fourth-order valence-electron chi connectivity index (χ4n) is 11.0. The Morgan fingerprint density at radius 1 is 0.272 bits per heavy atom. The molecule has 3 N–H and O–H groups in total. The Labute approximate surface area is 562 Å². The lowest BCUT2D eigenvalue weighted by molar-refractivity contribution is -0.161. The highest BCUT2D eigenvalue weighted by atomic mass is 31.2. The summed E-state index contributed by atoms with van der Waals surface area (Å²) in [5.74, 6) is 0.846. The van der Waals surface area contributed by atoms with Crippen molar-refractivity contribution in [2.24, 2.45) is 23.7 Å². The van der Waals surface area contributed by atoms with E-state index in [1.54, 1.807) is 0 Å². The van der Waals surface area contributed by atoms with Crippen molar-refractivity contribution in [3.05, 3.63) is 0 Å². The van der Waals surface area contributed by atoms with Gasteiger partial charge in [-0.2, -0.15) is 0 Å². The smallest absolute Gasteiger partial charge is 0.462 e. The number of phosphoric ester groups is 2. The molecule has 92 heavy (non-hydrogen) atoms. The maximum absolute atomic E-state index is 13.0. The summed E-state index contributed by atoms with van der Waals surface area (Å²) in [6.45, 7) is 14.1. The van der Waals surface area contributed by atoms with Crippen molar-refractivity contribution in [1.29, 1.82) is 0 Å². The summed E-state index contributed by atoms with van der Waals surface area (Å²) in [7, 11) is -9.91. The second-order valence-corrected chi connectivity index (χ2v) is 31.1. The van der Waals surface area contributed by atoms with Crippen molar-refractivity contribution in [2.45, 2.75) is 382 Å². The number of hydrogen-bond donors (Lipinski definition) is 3. The molecule has 3 unspecified atom stereocenters. The average Bonchev–Trinajstić information content (AvgIpc) is 2.55. The third-order valence-corrected chi connectivity index (χ3v) is 18.7. The molecule has 0 radical (unpaired) electrons. The molecule has 0 aromatic heterocycles. The van der Waals surface area contributed by atoms with E-state index >= 15 is 0 Å². The lowest BCUT2D eigenvalue weighted by Crippen LogP contribution is -2.30. The first-order valence-corrected chi connectivity index (χ1v) is 40.7. The lowest BCUT2D eigenvalue weighted by Gasteiger charge is -2.21. The summed E-state index contributed by atoms with van der Waals surface area (Å²) in [6, 6.07) is 0. The molecule has 0 saturated heterocycles. The SMILES string of the molecule is CC(C)CCCCCCCCCCCCCCCCCC(=O)O[C@H](COC(=O)CCCCCCCCC(C)C)COP(=O)(O)OCC(O)COP(=O)(O)OC[C@@H](COC(=O)CCCCCCCCCCC(C)C)OC(=O)CCCCCCCCCCCCCC(C)C. The zero-order valence-corrected chi connectivity index (χ0v) is 62.0. The van der Waals surface area contributed by atoms with Crippen LogP contribution in [0.25, 0.3) is 0 Å².